The molecule has 0 aliphatic carbocycles. The van der Waals surface area contributed by atoms with E-state index < -0.39 is 25.7 Å². The van der Waals surface area contributed by atoms with Crippen molar-refractivity contribution in [2.24, 2.45) is 0 Å². The van der Waals surface area contributed by atoms with Gasteiger partial charge in [0.25, 0.3) is 0 Å². The molecule has 1 aliphatic heterocycles. The van der Waals surface area contributed by atoms with Crippen LogP contribution in [-0.2, 0) is 13.8 Å². The quantitative estimate of drug-likeness (QED) is 0.615. The van der Waals surface area contributed by atoms with Gasteiger partial charge in [0, 0.05) is 34.2 Å². The van der Waals surface area contributed by atoms with Crippen molar-refractivity contribution in [3.8, 4) is 0 Å². The van der Waals surface area contributed by atoms with E-state index in [1.54, 1.807) is 0 Å². The highest BCUT2D eigenvalue weighted by Gasteiger charge is 2.38. The normalized spacial score (nSPS) is 20.1. The average Bonchev–Trinajstić information content (AvgIpc) is 2.69. The highest BCUT2D eigenvalue weighted by Crippen LogP contribution is 2.38. The number of nitrogens with zero attached hydrogens (tertiary/aromatic N) is 1. The van der Waals surface area contributed by atoms with Gasteiger partial charge in [0.2, 0.25) is 15.0 Å². The maximum atomic E-state index is 12.3. The van der Waals surface area contributed by atoms with Gasteiger partial charge in [-0.05, 0) is 30.0 Å². The van der Waals surface area contributed by atoms with Crippen molar-refractivity contribution in [2.75, 3.05) is 11.4 Å². The zero-order chi connectivity index (χ0) is 15.8. The van der Waals surface area contributed by atoms with Gasteiger partial charge >= 0.3 is 5.51 Å². The summed E-state index contributed by atoms with van der Waals surface area (Å²) in [5.41, 5.74) is -4.22. The molecular formula is C11H9ClF3NO3S2. The number of anilines is 1. The first kappa shape index (κ1) is 16.4. The minimum Gasteiger partial charge on any atom is -0.311 e. The minimum atomic E-state index is -4.43. The lowest BCUT2D eigenvalue weighted by atomic mass is 10.3. The van der Waals surface area contributed by atoms with Crippen LogP contribution in [0.4, 0.5) is 18.9 Å². The van der Waals surface area contributed by atoms with Gasteiger partial charge in [-0.25, -0.2) is 8.42 Å². The molecule has 0 aromatic heterocycles. The average molecular weight is 360 g/mol. The summed E-state index contributed by atoms with van der Waals surface area (Å²) in [5.74, 6) is -0.488. The number of alkyl halides is 3. The Hall–Kier alpha value is -0.930. The number of rotatable bonds is 3. The third-order valence-corrected chi connectivity index (χ3v) is 5.44. The molecule has 1 atom stereocenters. The highest BCUT2D eigenvalue weighted by atomic mass is 35.7. The largest absolute Gasteiger partial charge is 0.446 e. The fourth-order valence-electron chi connectivity index (χ4n) is 1.96. The molecule has 1 aromatic rings. The van der Waals surface area contributed by atoms with E-state index in [1.165, 1.54) is 24.3 Å². The maximum absolute atomic E-state index is 12.3. The number of benzene rings is 1. The lowest BCUT2D eigenvalue weighted by molar-refractivity contribution is -0.117. The molecule has 4 nitrogen and oxygen atoms in total. The second-order valence-corrected chi connectivity index (χ2v) is 8.40. The Labute approximate surface area is 127 Å². The molecule has 10 heteroatoms. The van der Waals surface area contributed by atoms with Crippen LogP contribution in [0.15, 0.2) is 29.2 Å². The van der Waals surface area contributed by atoms with Crippen LogP contribution in [0.25, 0.3) is 0 Å². The van der Waals surface area contributed by atoms with Crippen LogP contribution in [0.5, 0.6) is 0 Å². The van der Waals surface area contributed by atoms with E-state index in [9.17, 15) is 26.4 Å². The number of amides is 1. The number of carbonyl (C=O) groups is 1. The van der Waals surface area contributed by atoms with Crippen LogP contribution in [0, 0.1) is 0 Å². The monoisotopic (exact) mass is 359 g/mol. The summed E-state index contributed by atoms with van der Waals surface area (Å²) in [7, 11) is 1.33. The lowest BCUT2D eigenvalue weighted by Gasteiger charge is -2.17. The van der Waals surface area contributed by atoms with E-state index >= 15 is 0 Å². The summed E-state index contributed by atoms with van der Waals surface area (Å²) in [5, 5.41) is -1.05. The lowest BCUT2D eigenvalue weighted by Crippen LogP contribution is -2.26. The first-order valence-corrected chi connectivity index (χ1v) is 8.85. The molecule has 1 fully saturated rings. The molecule has 0 saturated carbocycles. The molecule has 0 spiro atoms. The summed E-state index contributed by atoms with van der Waals surface area (Å²) >= 11 is -0.301. The van der Waals surface area contributed by atoms with Gasteiger partial charge in [-0.3, -0.25) is 4.79 Å². The fourth-order valence-corrected chi connectivity index (χ4v) is 3.58. The van der Waals surface area contributed by atoms with E-state index in [2.05, 4.69) is 0 Å². The molecule has 1 heterocycles. The van der Waals surface area contributed by atoms with Crippen LogP contribution in [0.1, 0.15) is 6.42 Å². The molecule has 0 N–H and O–H groups in total. The van der Waals surface area contributed by atoms with Crippen molar-refractivity contribution in [1.82, 2.24) is 0 Å². The standard InChI is InChI=1S/C11H9ClF3NO3S2/c12-21(18,19)9-5-10(17)16(6-9)7-2-1-3-8(4-7)20-11(13,14)15/h1-4,9H,5-6H2. The molecule has 1 amide bonds. The molecule has 116 valence electrons. The van der Waals surface area contributed by atoms with Crippen LogP contribution < -0.4 is 4.90 Å². The van der Waals surface area contributed by atoms with Crippen LogP contribution in [-0.4, -0.2) is 31.6 Å². The smallest absolute Gasteiger partial charge is 0.311 e. The van der Waals surface area contributed by atoms with Gasteiger partial charge in [-0.15, -0.1) is 0 Å². The molecule has 1 aliphatic rings. The Balaban J connectivity index is 2.23. The molecule has 1 aromatic carbocycles. The van der Waals surface area contributed by atoms with Crippen molar-refractivity contribution in [3.63, 3.8) is 0 Å². The first-order valence-electron chi connectivity index (χ1n) is 5.66. The van der Waals surface area contributed by atoms with Gasteiger partial charge in [0.05, 0.1) is 0 Å². The number of hydrogen-bond acceptors (Lipinski definition) is 4. The topological polar surface area (TPSA) is 54.5 Å². The molecule has 0 bridgehead atoms. The second kappa shape index (κ2) is 5.69. The summed E-state index contributed by atoms with van der Waals surface area (Å²) in [6.07, 6.45) is -0.275. The van der Waals surface area contributed by atoms with E-state index in [4.69, 9.17) is 10.7 Å². The zero-order valence-electron chi connectivity index (χ0n) is 10.3. The third kappa shape index (κ3) is 4.27. The van der Waals surface area contributed by atoms with Gasteiger partial charge in [0.15, 0.2) is 0 Å². The summed E-state index contributed by atoms with van der Waals surface area (Å²) < 4.78 is 59.5. The molecule has 1 saturated heterocycles. The van der Waals surface area contributed by atoms with E-state index in [0.29, 0.717) is 0 Å². The van der Waals surface area contributed by atoms with Crippen molar-refractivity contribution >= 4 is 43.1 Å². The zero-order valence-corrected chi connectivity index (χ0v) is 12.7. The van der Waals surface area contributed by atoms with Crippen LogP contribution >= 0.6 is 22.4 Å². The Morgan fingerprint density at radius 1 is 1.33 bits per heavy atom. The number of carbonyl (C=O) groups excluding carboxylic acids is 1. The molecule has 2 rings (SSSR count). The number of hydrogen-bond donors (Lipinski definition) is 0. The molecular weight excluding hydrogens is 351 g/mol. The van der Waals surface area contributed by atoms with Crippen molar-refractivity contribution in [2.45, 2.75) is 22.1 Å². The van der Waals surface area contributed by atoms with Crippen molar-refractivity contribution in [3.05, 3.63) is 24.3 Å². The van der Waals surface area contributed by atoms with Gasteiger partial charge in [-0.2, -0.15) is 13.2 Å². The van der Waals surface area contributed by atoms with E-state index in [0.717, 1.165) is 4.90 Å². The third-order valence-electron chi connectivity index (χ3n) is 2.85. The van der Waals surface area contributed by atoms with Gasteiger partial charge < -0.3 is 4.90 Å². The molecule has 0 radical (unpaired) electrons. The minimum absolute atomic E-state index is 0.0787. The maximum Gasteiger partial charge on any atom is 0.446 e. The predicted molar refractivity (Wildman–Crippen MR) is 73.9 cm³/mol. The van der Waals surface area contributed by atoms with E-state index in [1.807, 2.05) is 0 Å². The molecule has 1 unspecified atom stereocenters. The fraction of sp³-hybridized carbons (Fsp3) is 0.364. The molecule has 21 heavy (non-hydrogen) atoms. The highest BCUT2D eigenvalue weighted by molar-refractivity contribution is 8.14. The number of halogens is 4. The van der Waals surface area contributed by atoms with Crippen LogP contribution in [0.3, 0.4) is 0 Å². The Morgan fingerprint density at radius 3 is 2.52 bits per heavy atom. The number of thioether (sulfide) groups is 1. The Kier molecular flexibility index (Phi) is 4.46. The van der Waals surface area contributed by atoms with Crippen molar-refractivity contribution < 1.29 is 26.4 Å². The Bertz CT molecular complexity index is 663. The predicted octanol–water partition coefficient (Wildman–Crippen LogP) is 2.97. The second-order valence-electron chi connectivity index (χ2n) is 4.35. The first-order chi connectivity index (χ1) is 9.56. The summed E-state index contributed by atoms with van der Waals surface area (Å²) in [4.78, 5) is 12.9. The van der Waals surface area contributed by atoms with E-state index in [-0.39, 0.29) is 35.3 Å². The Morgan fingerprint density at radius 2 is 2.00 bits per heavy atom. The SMILES string of the molecule is O=C1CC(S(=O)(=O)Cl)CN1c1cccc(SC(F)(F)F)c1. The van der Waals surface area contributed by atoms with Gasteiger partial charge in [0.1, 0.15) is 5.25 Å². The summed E-state index contributed by atoms with van der Waals surface area (Å²) in [6.45, 7) is -0.162. The summed E-state index contributed by atoms with van der Waals surface area (Å²) in [6, 6.07) is 5.28. The van der Waals surface area contributed by atoms with Gasteiger partial charge in [-0.1, -0.05) is 6.07 Å². The van der Waals surface area contributed by atoms with Crippen LogP contribution in [0.2, 0.25) is 0 Å². The van der Waals surface area contributed by atoms with Crippen molar-refractivity contribution in [1.29, 1.82) is 0 Å².